The van der Waals surface area contributed by atoms with Crippen LogP contribution in [-0.2, 0) is 0 Å². The molecule has 0 aromatic rings. The Morgan fingerprint density at radius 2 is 1.70 bits per heavy atom. The summed E-state index contributed by atoms with van der Waals surface area (Å²) in [6.45, 7) is 20.2. The monoisotopic (exact) mass is 282 g/mol. The topological polar surface area (TPSA) is 15.3 Å². The van der Waals surface area contributed by atoms with Crippen LogP contribution in [0.15, 0.2) is 0 Å². The van der Waals surface area contributed by atoms with Crippen molar-refractivity contribution >= 4 is 0 Å². The summed E-state index contributed by atoms with van der Waals surface area (Å²) in [7, 11) is 0. The van der Waals surface area contributed by atoms with Gasteiger partial charge in [-0.05, 0) is 30.2 Å². The van der Waals surface area contributed by atoms with E-state index in [1.807, 2.05) is 0 Å². The predicted molar refractivity (Wildman–Crippen MR) is 90.1 cm³/mol. The predicted octanol–water partition coefficient (Wildman–Crippen LogP) is 4.16. The van der Waals surface area contributed by atoms with Crippen molar-refractivity contribution in [3.05, 3.63) is 0 Å². The van der Waals surface area contributed by atoms with E-state index in [9.17, 15) is 0 Å². The third-order valence-electron chi connectivity index (χ3n) is 5.27. The Hall–Kier alpha value is -0.0800. The van der Waals surface area contributed by atoms with Crippen molar-refractivity contribution in [2.24, 2.45) is 17.3 Å². The molecule has 2 heteroatoms. The molecule has 120 valence electrons. The average molecular weight is 283 g/mol. The van der Waals surface area contributed by atoms with Crippen LogP contribution < -0.4 is 5.32 Å². The minimum atomic E-state index is 0.441. The molecule has 0 radical (unpaired) electrons. The second-order valence-corrected chi connectivity index (χ2v) is 8.16. The molecule has 4 atom stereocenters. The highest BCUT2D eigenvalue weighted by molar-refractivity contribution is 4.90. The first kappa shape index (κ1) is 18.0. The summed E-state index contributed by atoms with van der Waals surface area (Å²) in [5.41, 5.74) is 0.441. The van der Waals surface area contributed by atoms with Gasteiger partial charge in [0.25, 0.3) is 0 Å². The second kappa shape index (κ2) is 7.79. The van der Waals surface area contributed by atoms with E-state index >= 15 is 0 Å². The summed E-state index contributed by atoms with van der Waals surface area (Å²) in [6.07, 6.45) is 3.86. The summed E-state index contributed by atoms with van der Waals surface area (Å²) in [5, 5.41) is 3.82. The smallest absolute Gasteiger partial charge is 0.0246 e. The van der Waals surface area contributed by atoms with E-state index in [1.165, 1.54) is 38.9 Å². The minimum Gasteiger partial charge on any atom is -0.311 e. The number of nitrogens with zero attached hydrogens (tertiary/aromatic N) is 1. The van der Waals surface area contributed by atoms with Gasteiger partial charge >= 0.3 is 0 Å². The quantitative estimate of drug-likeness (QED) is 0.787. The molecule has 1 fully saturated rings. The van der Waals surface area contributed by atoms with Crippen molar-refractivity contribution in [2.75, 3.05) is 19.6 Å². The van der Waals surface area contributed by atoms with E-state index in [0.29, 0.717) is 11.5 Å². The molecular weight excluding hydrogens is 244 g/mol. The summed E-state index contributed by atoms with van der Waals surface area (Å²) in [4.78, 5) is 2.78. The summed E-state index contributed by atoms with van der Waals surface area (Å²) in [6, 6.07) is 1.41. The molecule has 2 nitrogen and oxygen atoms in total. The van der Waals surface area contributed by atoms with Crippen molar-refractivity contribution in [3.63, 3.8) is 0 Å². The van der Waals surface area contributed by atoms with E-state index in [2.05, 4.69) is 58.7 Å². The Bertz CT molecular complexity index is 269. The van der Waals surface area contributed by atoms with Crippen LogP contribution in [0.1, 0.15) is 67.7 Å². The first-order chi connectivity index (χ1) is 9.28. The number of nitrogens with one attached hydrogen (secondary N) is 1. The summed E-state index contributed by atoms with van der Waals surface area (Å²) in [5.74, 6) is 1.57. The van der Waals surface area contributed by atoms with Gasteiger partial charge in [-0.3, -0.25) is 4.90 Å². The molecule has 0 spiro atoms. The van der Waals surface area contributed by atoms with E-state index in [0.717, 1.165) is 17.9 Å². The van der Waals surface area contributed by atoms with Gasteiger partial charge in [-0.25, -0.2) is 0 Å². The average Bonchev–Trinajstić information content (AvgIpc) is 2.42. The van der Waals surface area contributed by atoms with Crippen molar-refractivity contribution < 1.29 is 0 Å². The van der Waals surface area contributed by atoms with Gasteiger partial charge in [0.1, 0.15) is 0 Å². The van der Waals surface area contributed by atoms with Crippen LogP contribution in [0.3, 0.4) is 0 Å². The number of hydrogen-bond donors (Lipinski definition) is 1. The zero-order chi connectivity index (χ0) is 15.3. The Balaban J connectivity index is 2.67. The van der Waals surface area contributed by atoms with Crippen LogP contribution in [0.5, 0.6) is 0 Å². The van der Waals surface area contributed by atoms with Crippen molar-refractivity contribution in [1.29, 1.82) is 0 Å². The number of hydrogen-bond acceptors (Lipinski definition) is 2. The Kier molecular flexibility index (Phi) is 7.00. The van der Waals surface area contributed by atoms with E-state index in [-0.39, 0.29) is 0 Å². The van der Waals surface area contributed by atoms with Gasteiger partial charge in [0.15, 0.2) is 0 Å². The fourth-order valence-corrected chi connectivity index (χ4v) is 3.09. The largest absolute Gasteiger partial charge is 0.311 e. The van der Waals surface area contributed by atoms with Gasteiger partial charge in [0, 0.05) is 25.2 Å². The SMILES string of the molecule is CCC(C)C1CN(CCC(C)(C)C)C(C(C)CC)CN1. The number of piperazine rings is 1. The Labute approximate surface area is 127 Å². The summed E-state index contributed by atoms with van der Waals surface area (Å²) >= 11 is 0. The lowest BCUT2D eigenvalue weighted by molar-refractivity contribution is 0.0662. The normalized spacial score (nSPS) is 28.4. The van der Waals surface area contributed by atoms with Gasteiger partial charge in [0.05, 0.1) is 0 Å². The minimum absolute atomic E-state index is 0.441. The highest BCUT2D eigenvalue weighted by Gasteiger charge is 2.32. The second-order valence-electron chi connectivity index (χ2n) is 8.16. The zero-order valence-corrected chi connectivity index (χ0v) is 15.0. The Morgan fingerprint density at radius 3 is 2.20 bits per heavy atom. The van der Waals surface area contributed by atoms with Gasteiger partial charge in [-0.2, -0.15) is 0 Å². The fraction of sp³-hybridized carbons (Fsp3) is 1.00. The lowest BCUT2D eigenvalue weighted by Crippen LogP contribution is -2.60. The van der Waals surface area contributed by atoms with Crippen molar-refractivity contribution in [1.82, 2.24) is 10.2 Å². The molecule has 0 aliphatic carbocycles. The van der Waals surface area contributed by atoms with Crippen molar-refractivity contribution in [3.8, 4) is 0 Å². The first-order valence-electron chi connectivity index (χ1n) is 8.76. The molecule has 1 aliphatic heterocycles. The van der Waals surface area contributed by atoms with Crippen LogP contribution in [0.25, 0.3) is 0 Å². The first-order valence-corrected chi connectivity index (χ1v) is 8.76. The third-order valence-corrected chi connectivity index (χ3v) is 5.27. The molecule has 1 rings (SSSR count). The standard InChI is InChI=1S/C18H38N2/c1-8-14(3)16-13-20(11-10-18(5,6)7)17(12-19-16)15(4)9-2/h14-17,19H,8-13H2,1-7H3. The van der Waals surface area contributed by atoms with Gasteiger partial charge in [-0.15, -0.1) is 0 Å². The lowest BCUT2D eigenvalue weighted by Gasteiger charge is -2.45. The molecule has 0 aromatic heterocycles. The number of rotatable bonds is 6. The van der Waals surface area contributed by atoms with Crippen LogP contribution in [0.4, 0.5) is 0 Å². The molecule has 20 heavy (non-hydrogen) atoms. The van der Waals surface area contributed by atoms with Crippen LogP contribution in [0, 0.1) is 17.3 Å². The zero-order valence-electron chi connectivity index (χ0n) is 15.0. The molecule has 1 saturated heterocycles. The maximum atomic E-state index is 3.82. The van der Waals surface area contributed by atoms with Crippen LogP contribution >= 0.6 is 0 Å². The molecular formula is C18H38N2. The Morgan fingerprint density at radius 1 is 1.10 bits per heavy atom. The third kappa shape index (κ3) is 5.37. The molecule has 1 aliphatic rings. The maximum Gasteiger partial charge on any atom is 0.0246 e. The molecule has 1 N–H and O–H groups in total. The van der Waals surface area contributed by atoms with Gasteiger partial charge in [-0.1, -0.05) is 61.3 Å². The van der Waals surface area contributed by atoms with Gasteiger partial charge in [0.2, 0.25) is 0 Å². The molecule has 0 saturated carbocycles. The van der Waals surface area contributed by atoms with Gasteiger partial charge < -0.3 is 5.32 Å². The highest BCUT2D eigenvalue weighted by Crippen LogP contribution is 2.25. The summed E-state index contributed by atoms with van der Waals surface area (Å²) < 4.78 is 0. The van der Waals surface area contributed by atoms with E-state index in [1.54, 1.807) is 0 Å². The van der Waals surface area contributed by atoms with E-state index < -0.39 is 0 Å². The molecule has 0 amide bonds. The molecule has 0 aromatic carbocycles. The fourth-order valence-electron chi connectivity index (χ4n) is 3.09. The van der Waals surface area contributed by atoms with Crippen LogP contribution in [0.2, 0.25) is 0 Å². The van der Waals surface area contributed by atoms with Crippen LogP contribution in [-0.4, -0.2) is 36.6 Å². The molecule has 0 bridgehead atoms. The highest BCUT2D eigenvalue weighted by atomic mass is 15.2. The van der Waals surface area contributed by atoms with E-state index in [4.69, 9.17) is 0 Å². The molecule has 1 heterocycles. The van der Waals surface area contributed by atoms with Crippen molar-refractivity contribution in [2.45, 2.75) is 79.8 Å². The molecule has 4 unspecified atom stereocenters. The maximum absolute atomic E-state index is 3.82. The lowest BCUT2D eigenvalue weighted by atomic mass is 9.88.